The highest BCUT2D eigenvalue weighted by Gasteiger charge is 2.05. The van der Waals surface area contributed by atoms with Crippen LogP contribution in [0.2, 0.25) is 0 Å². The Morgan fingerprint density at radius 1 is 1.43 bits per heavy atom. The Morgan fingerprint density at radius 2 is 2.21 bits per heavy atom. The summed E-state index contributed by atoms with van der Waals surface area (Å²) in [7, 11) is 0. The molecule has 3 nitrogen and oxygen atoms in total. The first-order chi connectivity index (χ1) is 6.68. The average molecular weight is 299 g/mol. The Hall–Kier alpha value is -1.17. The van der Waals surface area contributed by atoms with Gasteiger partial charge in [-0.05, 0) is 40.1 Å². The number of rotatable bonds is 1. The third-order valence-corrected chi connectivity index (χ3v) is 2.87. The van der Waals surface area contributed by atoms with Crippen LogP contribution in [0.4, 0.5) is 0 Å². The second kappa shape index (κ2) is 3.53. The Labute approximate surface area is 93.9 Å². The molecule has 0 radical (unpaired) electrons. The van der Waals surface area contributed by atoms with Crippen molar-refractivity contribution >= 4 is 39.3 Å². The number of aromatic nitrogens is 1. The molecule has 0 unspecified atom stereocenters. The molecule has 1 N–H and O–H groups in total. The normalized spacial score (nSPS) is 10.4. The molecule has 2 aromatic rings. The number of halogens is 1. The zero-order valence-electron chi connectivity index (χ0n) is 7.07. The molecule has 0 atom stereocenters. The third kappa shape index (κ3) is 1.57. The van der Waals surface area contributed by atoms with E-state index in [2.05, 4.69) is 27.6 Å². The summed E-state index contributed by atoms with van der Waals surface area (Å²) in [4.78, 5) is 14.5. The van der Waals surface area contributed by atoms with Crippen LogP contribution in [-0.4, -0.2) is 16.1 Å². The van der Waals surface area contributed by atoms with Gasteiger partial charge in [-0.1, -0.05) is 12.1 Å². The monoisotopic (exact) mass is 299 g/mol. The minimum absolute atomic E-state index is 0.0829. The summed E-state index contributed by atoms with van der Waals surface area (Å²) in [6.07, 6.45) is 1.60. The number of carboxylic acids is 1. The summed E-state index contributed by atoms with van der Waals surface area (Å²) in [5, 5.41) is 10.6. The lowest BCUT2D eigenvalue weighted by Crippen LogP contribution is -1.99. The van der Waals surface area contributed by atoms with Crippen LogP contribution in [0.25, 0.3) is 10.8 Å². The highest BCUT2D eigenvalue weighted by atomic mass is 127. The van der Waals surface area contributed by atoms with E-state index in [-0.39, 0.29) is 5.69 Å². The lowest BCUT2D eigenvalue weighted by Gasteiger charge is -2.00. The number of hydrogen-bond donors (Lipinski definition) is 1. The van der Waals surface area contributed by atoms with Crippen molar-refractivity contribution in [1.82, 2.24) is 4.98 Å². The standard InChI is InChI=1S/C10H6INO2/c11-8-3-1-2-6-4-9(10(13)14)12-5-7(6)8/h1-5H,(H,13,14). The third-order valence-electron chi connectivity index (χ3n) is 1.93. The van der Waals surface area contributed by atoms with Crippen LogP contribution < -0.4 is 0 Å². The summed E-state index contributed by atoms with van der Waals surface area (Å²) in [6.45, 7) is 0. The molecule has 4 heteroatoms. The van der Waals surface area contributed by atoms with E-state index < -0.39 is 5.97 Å². The number of carboxylic acid groups (broad SMARTS) is 1. The van der Waals surface area contributed by atoms with Gasteiger partial charge in [0.15, 0.2) is 0 Å². The van der Waals surface area contributed by atoms with Gasteiger partial charge in [0.1, 0.15) is 5.69 Å². The van der Waals surface area contributed by atoms with Gasteiger partial charge in [0.2, 0.25) is 0 Å². The van der Waals surface area contributed by atoms with Crippen molar-refractivity contribution < 1.29 is 9.90 Å². The van der Waals surface area contributed by atoms with E-state index in [1.807, 2.05) is 18.2 Å². The van der Waals surface area contributed by atoms with E-state index >= 15 is 0 Å². The first kappa shape index (κ1) is 9.39. The summed E-state index contributed by atoms with van der Waals surface area (Å²) in [6, 6.07) is 7.33. The second-order valence-electron chi connectivity index (χ2n) is 2.84. The zero-order valence-corrected chi connectivity index (χ0v) is 9.22. The lowest BCUT2D eigenvalue weighted by molar-refractivity contribution is 0.0691. The maximum Gasteiger partial charge on any atom is 0.354 e. The number of fused-ring (bicyclic) bond motifs is 1. The number of benzene rings is 1. The van der Waals surface area contributed by atoms with Crippen molar-refractivity contribution in [3.63, 3.8) is 0 Å². The van der Waals surface area contributed by atoms with E-state index in [0.717, 1.165) is 14.3 Å². The van der Waals surface area contributed by atoms with E-state index in [4.69, 9.17) is 5.11 Å². The fraction of sp³-hybridized carbons (Fsp3) is 0. The summed E-state index contributed by atoms with van der Waals surface area (Å²) in [5.41, 5.74) is 0.0829. The van der Waals surface area contributed by atoms with Crippen molar-refractivity contribution in [2.45, 2.75) is 0 Å². The molecule has 1 aromatic heterocycles. The van der Waals surface area contributed by atoms with Crippen LogP contribution in [0, 0.1) is 3.57 Å². The molecular formula is C10H6INO2. The molecule has 2 rings (SSSR count). The quantitative estimate of drug-likeness (QED) is 0.823. The molecule has 0 saturated carbocycles. The zero-order chi connectivity index (χ0) is 10.1. The smallest absolute Gasteiger partial charge is 0.354 e. The molecule has 0 fully saturated rings. The second-order valence-corrected chi connectivity index (χ2v) is 4.00. The molecule has 1 aromatic carbocycles. The van der Waals surface area contributed by atoms with Gasteiger partial charge in [-0.3, -0.25) is 0 Å². The highest BCUT2D eigenvalue weighted by molar-refractivity contribution is 14.1. The Balaban J connectivity index is 2.73. The lowest BCUT2D eigenvalue weighted by atomic mass is 10.1. The Morgan fingerprint density at radius 3 is 2.93 bits per heavy atom. The SMILES string of the molecule is O=C(O)c1cc2cccc(I)c2cn1. The van der Waals surface area contributed by atoms with Gasteiger partial charge in [0.05, 0.1) is 0 Å². The van der Waals surface area contributed by atoms with Gasteiger partial charge in [-0.15, -0.1) is 0 Å². The van der Waals surface area contributed by atoms with Gasteiger partial charge in [-0.2, -0.15) is 0 Å². The molecule has 14 heavy (non-hydrogen) atoms. The number of hydrogen-bond acceptors (Lipinski definition) is 2. The van der Waals surface area contributed by atoms with Gasteiger partial charge in [0, 0.05) is 15.2 Å². The van der Waals surface area contributed by atoms with E-state index in [9.17, 15) is 4.79 Å². The molecule has 0 aliphatic heterocycles. The minimum atomic E-state index is -0.995. The van der Waals surface area contributed by atoms with Gasteiger partial charge in [-0.25, -0.2) is 9.78 Å². The molecule has 0 amide bonds. The van der Waals surface area contributed by atoms with Crippen molar-refractivity contribution in [2.24, 2.45) is 0 Å². The summed E-state index contributed by atoms with van der Waals surface area (Å²) < 4.78 is 1.07. The van der Waals surface area contributed by atoms with Crippen LogP contribution in [-0.2, 0) is 0 Å². The predicted molar refractivity (Wildman–Crippen MR) is 61.4 cm³/mol. The number of pyridine rings is 1. The van der Waals surface area contributed by atoms with Crippen LogP contribution in [0.3, 0.4) is 0 Å². The number of nitrogens with zero attached hydrogens (tertiary/aromatic N) is 1. The molecule has 70 valence electrons. The Kier molecular flexibility index (Phi) is 2.37. The van der Waals surface area contributed by atoms with E-state index in [1.54, 1.807) is 12.3 Å². The molecular weight excluding hydrogens is 293 g/mol. The molecule has 0 bridgehead atoms. The fourth-order valence-electron chi connectivity index (χ4n) is 1.25. The van der Waals surface area contributed by atoms with E-state index in [1.165, 1.54) is 0 Å². The predicted octanol–water partition coefficient (Wildman–Crippen LogP) is 2.54. The van der Waals surface area contributed by atoms with Crippen molar-refractivity contribution in [3.8, 4) is 0 Å². The van der Waals surface area contributed by atoms with E-state index in [0.29, 0.717) is 0 Å². The van der Waals surface area contributed by atoms with Crippen LogP contribution >= 0.6 is 22.6 Å². The topological polar surface area (TPSA) is 50.2 Å². The van der Waals surface area contributed by atoms with Crippen LogP contribution in [0.1, 0.15) is 10.5 Å². The molecule has 0 aliphatic rings. The molecule has 0 aliphatic carbocycles. The van der Waals surface area contributed by atoms with Crippen LogP contribution in [0.15, 0.2) is 30.5 Å². The van der Waals surface area contributed by atoms with Gasteiger partial charge < -0.3 is 5.11 Å². The molecule has 0 saturated heterocycles. The average Bonchev–Trinajstić information content (AvgIpc) is 2.17. The van der Waals surface area contributed by atoms with Gasteiger partial charge in [0.25, 0.3) is 0 Å². The summed E-state index contributed by atoms with van der Waals surface area (Å²) >= 11 is 2.20. The molecule has 1 heterocycles. The summed E-state index contributed by atoms with van der Waals surface area (Å²) in [5.74, 6) is -0.995. The number of carbonyl (C=O) groups is 1. The first-order valence-corrected chi connectivity index (χ1v) is 5.04. The van der Waals surface area contributed by atoms with Crippen molar-refractivity contribution in [3.05, 3.63) is 39.7 Å². The first-order valence-electron chi connectivity index (χ1n) is 3.96. The Bertz CT molecular complexity index is 510. The fourth-order valence-corrected chi connectivity index (χ4v) is 1.91. The van der Waals surface area contributed by atoms with Crippen molar-refractivity contribution in [2.75, 3.05) is 0 Å². The van der Waals surface area contributed by atoms with Gasteiger partial charge >= 0.3 is 5.97 Å². The minimum Gasteiger partial charge on any atom is -0.477 e. The maximum absolute atomic E-state index is 10.7. The maximum atomic E-state index is 10.7. The highest BCUT2D eigenvalue weighted by Crippen LogP contribution is 2.19. The van der Waals surface area contributed by atoms with Crippen molar-refractivity contribution in [1.29, 1.82) is 0 Å². The number of aromatic carboxylic acids is 1. The van der Waals surface area contributed by atoms with Crippen LogP contribution in [0.5, 0.6) is 0 Å². The largest absolute Gasteiger partial charge is 0.477 e. The molecule has 0 spiro atoms.